The largest absolute Gasteiger partial charge is 0.0651 e. The van der Waals surface area contributed by atoms with Gasteiger partial charge in [0.05, 0.1) is 0 Å². The van der Waals surface area contributed by atoms with Crippen molar-refractivity contribution in [3.63, 3.8) is 0 Å². The molecule has 3 atom stereocenters. The third kappa shape index (κ3) is 11.0. The van der Waals surface area contributed by atoms with Gasteiger partial charge < -0.3 is 0 Å². The molecule has 3 rings (SSSR count). The van der Waals surface area contributed by atoms with Crippen molar-refractivity contribution >= 4 is 11.1 Å². The SMILES string of the molecule is CC/C(=c1\c(-c2ccc(C(C)(CC)CCCC(C)C)cc2)ccc(-c2ccc(C(C)(CC)CCCC(C)C)cc2)\c1=C(\C)CC)C(CC)CC(C)C. The molecule has 288 valence electrons. The lowest BCUT2D eigenvalue weighted by Crippen LogP contribution is -2.35. The lowest BCUT2D eigenvalue weighted by atomic mass is 9.75. The van der Waals surface area contributed by atoms with Crippen molar-refractivity contribution < 1.29 is 0 Å². The van der Waals surface area contributed by atoms with Gasteiger partial charge in [0.15, 0.2) is 0 Å². The molecule has 3 aromatic carbocycles. The van der Waals surface area contributed by atoms with Gasteiger partial charge in [0.25, 0.3) is 0 Å². The van der Waals surface area contributed by atoms with Crippen molar-refractivity contribution in [1.82, 2.24) is 0 Å². The van der Waals surface area contributed by atoms with Gasteiger partial charge in [-0.05, 0) is 137 Å². The van der Waals surface area contributed by atoms with Crippen LogP contribution in [0.15, 0.2) is 60.7 Å². The van der Waals surface area contributed by atoms with Crippen LogP contribution in [0.4, 0.5) is 0 Å². The minimum atomic E-state index is 0.220. The molecule has 0 spiro atoms. The van der Waals surface area contributed by atoms with Crippen LogP contribution in [0.25, 0.3) is 33.4 Å². The van der Waals surface area contributed by atoms with Crippen LogP contribution in [0.5, 0.6) is 0 Å². The molecule has 52 heavy (non-hydrogen) atoms. The monoisotopic (exact) mass is 705 g/mol. The molecule has 0 aliphatic heterocycles. The van der Waals surface area contributed by atoms with Gasteiger partial charge in [-0.2, -0.15) is 0 Å². The van der Waals surface area contributed by atoms with Crippen molar-refractivity contribution in [1.29, 1.82) is 0 Å². The highest BCUT2D eigenvalue weighted by atomic mass is 14.3. The maximum Gasteiger partial charge on any atom is -0.00779 e. The summed E-state index contributed by atoms with van der Waals surface area (Å²) in [7, 11) is 0. The van der Waals surface area contributed by atoms with Gasteiger partial charge in [-0.1, -0.05) is 188 Å². The average Bonchev–Trinajstić information content (AvgIpc) is 3.13. The standard InChI is InChI=1S/C52H80/c1-15-40(12)49-47(42-24-28-44(29-25-42)51(13,18-4)34-20-22-37(6)7)32-33-48(50(49)46(17-3)41(16-2)36-39(10)11)43-26-30-45(31-27-43)52(14,19-5)35-21-23-38(8)9/h24-33,37-39,41H,15-23,34-36H2,1-14H3/b49-40+,50-46-. The van der Waals surface area contributed by atoms with Crippen LogP contribution in [0.1, 0.15) is 185 Å². The Labute approximate surface area is 323 Å². The summed E-state index contributed by atoms with van der Waals surface area (Å²) in [6.45, 7) is 33.5. The molecule has 0 N–H and O–H groups in total. The third-order valence-electron chi connectivity index (χ3n) is 13.0. The third-order valence-corrected chi connectivity index (χ3v) is 13.0. The van der Waals surface area contributed by atoms with Crippen molar-refractivity contribution in [2.45, 2.75) is 185 Å². The maximum absolute atomic E-state index is 2.49. The average molecular weight is 705 g/mol. The molecule has 0 radical (unpaired) electrons. The van der Waals surface area contributed by atoms with Gasteiger partial charge >= 0.3 is 0 Å². The van der Waals surface area contributed by atoms with Crippen LogP contribution in [0, 0.1) is 23.7 Å². The van der Waals surface area contributed by atoms with E-state index in [2.05, 4.69) is 158 Å². The quantitative estimate of drug-likeness (QED) is 0.110. The Bertz CT molecular complexity index is 1630. The molecule has 0 saturated heterocycles. The summed E-state index contributed by atoms with van der Waals surface area (Å²) in [5, 5.41) is 3.00. The number of hydrogen-bond donors (Lipinski definition) is 0. The second kappa shape index (κ2) is 20.2. The van der Waals surface area contributed by atoms with E-state index in [1.165, 1.54) is 114 Å². The zero-order chi connectivity index (χ0) is 38.6. The Hall–Kier alpha value is -2.60. The van der Waals surface area contributed by atoms with E-state index in [-0.39, 0.29) is 10.8 Å². The zero-order valence-electron chi connectivity index (χ0n) is 36.6. The Morgan fingerprint density at radius 1 is 0.538 bits per heavy atom. The highest BCUT2D eigenvalue weighted by Crippen LogP contribution is 2.37. The second-order valence-electron chi connectivity index (χ2n) is 18.2. The van der Waals surface area contributed by atoms with Crippen LogP contribution in [-0.2, 0) is 10.8 Å². The normalized spacial score (nSPS) is 16.2. The number of benzene rings is 3. The van der Waals surface area contributed by atoms with Gasteiger partial charge in [-0.15, -0.1) is 0 Å². The summed E-state index contributed by atoms with van der Waals surface area (Å²) in [6, 6.07) is 24.5. The molecule has 0 aliphatic carbocycles. The minimum Gasteiger partial charge on any atom is -0.0651 e. The molecule has 0 saturated carbocycles. The summed E-state index contributed by atoms with van der Waals surface area (Å²) < 4.78 is 0. The van der Waals surface area contributed by atoms with Crippen molar-refractivity contribution in [2.75, 3.05) is 0 Å². The molecule has 0 aromatic heterocycles. The molecule has 0 amide bonds. The van der Waals surface area contributed by atoms with E-state index >= 15 is 0 Å². The predicted molar refractivity (Wildman–Crippen MR) is 236 cm³/mol. The number of rotatable bonds is 20. The molecule has 0 nitrogen and oxygen atoms in total. The van der Waals surface area contributed by atoms with Crippen molar-refractivity contribution in [3.8, 4) is 22.3 Å². The topological polar surface area (TPSA) is 0 Å². The molecular formula is C52H80. The van der Waals surface area contributed by atoms with Gasteiger partial charge in [0.1, 0.15) is 0 Å². The molecule has 0 heterocycles. The molecule has 0 aliphatic rings. The van der Waals surface area contributed by atoms with Crippen molar-refractivity contribution in [3.05, 3.63) is 82.2 Å². The lowest BCUT2D eigenvalue weighted by Gasteiger charge is -2.30. The fraction of sp³-hybridized carbons (Fsp3) is 0.615. The molecule has 0 bridgehead atoms. The van der Waals surface area contributed by atoms with E-state index in [4.69, 9.17) is 0 Å². The first kappa shape index (κ1) is 43.8. The van der Waals surface area contributed by atoms with Crippen LogP contribution >= 0.6 is 0 Å². The molecule has 3 unspecified atom stereocenters. The Morgan fingerprint density at radius 3 is 1.29 bits per heavy atom. The summed E-state index contributed by atoms with van der Waals surface area (Å²) in [6.07, 6.45) is 14.6. The first-order valence-corrected chi connectivity index (χ1v) is 21.8. The molecule has 0 fully saturated rings. The fourth-order valence-electron chi connectivity index (χ4n) is 8.79. The summed E-state index contributed by atoms with van der Waals surface area (Å²) in [5.74, 6) is 2.77. The molecule has 0 heteroatoms. The first-order chi connectivity index (χ1) is 24.7. The van der Waals surface area contributed by atoms with E-state index in [9.17, 15) is 0 Å². The molecular weight excluding hydrogens is 625 g/mol. The highest BCUT2D eigenvalue weighted by Gasteiger charge is 2.26. The van der Waals surface area contributed by atoms with Gasteiger partial charge in [0.2, 0.25) is 0 Å². The van der Waals surface area contributed by atoms with Crippen molar-refractivity contribution in [2.24, 2.45) is 23.7 Å². The van der Waals surface area contributed by atoms with Gasteiger partial charge in [-0.25, -0.2) is 0 Å². The smallest absolute Gasteiger partial charge is 0.00779 e. The zero-order valence-corrected chi connectivity index (χ0v) is 36.6. The number of hydrogen-bond acceptors (Lipinski definition) is 0. The lowest BCUT2D eigenvalue weighted by molar-refractivity contribution is 0.382. The van der Waals surface area contributed by atoms with Gasteiger partial charge in [-0.3, -0.25) is 0 Å². The highest BCUT2D eigenvalue weighted by molar-refractivity contribution is 5.77. The van der Waals surface area contributed by atoms with Crippen LogP contribution in [0.2, 0.25) is 0 Å². The van der Waals surface area contributed by atoms with E-state index in [0.717, 1.165) is 24.7 Å². The summed E-state index contributed by atoms with van der Waals surface area (Å²) in [5.41, 5.74) is 12.1. The van der Waals surface area contributed by atoms with E-state index in [1.54, 1.807) is 5.57 Å². The van der Waals surface area contributed by atoms with Crippen LogP contribution in [-0.4, -0.2) is 0 Å². The van der Waals surface area contributed by atoms with Crippen LogP contribution in [0.3, 0.4) is 0 Å². The van der Waals surface area contributed by atoms with E-state index in [0.29, 0.717) is 11.8 Å². The molecule has 3 aromatic rings. The maximum atomic E-state index is 2.49. The van der Waals surface area contributed by atoms with Gasteiger partial charge in [0, 0.05) is 0 Å². The minimum absolute atomic E-state index is 0.220. The first-order valence-electron chi connectivity index (χ1n) is 21.8. The van der Waals surface area contributed by atoms with Crippen LogP contribution < -0.4 is 10.4 Å². The fourth-order valence-corrected chi connectivity index (χ4v) is 8.79. The Kier molecular flexibility index (Phi) is 17.0. The summed E-state index contributed by atoms with van der Waals surface area (Å²) in [4.78, 5) is 0. The predicted octanol–water partition coefficient (Wildman–Crippen LogP) is 15.2. The second-order valence-corrected chi connectivity index (χ2v) is 18.2. The van der Waals surface area contributed by atoms with E-state index in [1.807, 2.05) is 0 Å². The van der Waals surface area contributed by atoms with E-state index < -0.39 is 0 Å². The summed E-state index contributed by atoms with van der Waals surface area (Å²) >= 11 is 0. The Balaban J connectivity index is 2.32. The Morgan fingerprint density at radius 2 is 0.962 bits per heavy atom.